The molecule has 5 atom stereocenters. The molecular formula is C25H27ClF2N4O7S. The van der Waals surface area contributed by atoms with Crippen molar-refractivity contribution in [3.8, 4) is 11.9 Å². The SMILES string of the molecule is CC(C)(C)S(C)(=O)=NC(=O)c1cc(F)c(COc2nc3nc(OC4COC5C4OC[C@H]5O)[nH]c3cc2Cl)c(F)c1. The number of fused-ring (bicyclic) bond motifs is 2. The monoisotopic (exact) mass is 600 g/mol. The maximum atomic E-state index is 14.8. The van der Waals surface area contributed by atoms with Crippen LogP contribution in [0.5, 0.6) is 11.9 Å². The molecule has 2 saturated heterocycles. The molecule has 0 aliphatic carbocycles. The third-order valence-electron chi connectivity index (χ3n) is 6.75. The first kappa shape index (κ1) is 28.6. The summed E-state index contributed by atoms with van der Waals surface area (Å²) < 4.78 is 67.6. The fourth-order valence-corrected chi connectivity index (χ4v) is 4.98. The highest BCUT2D eigenvalue weighted by Gasteiger charge is 2.48. The fourth-order valence-electron chi connectivity index (χ4n) is 4.08. The zero-order valence-electron chi connectivity index (χ0n) is 21.9. The molecule has 4 unspecified atom stereocenters. The molecule has 0 radical (unpaired) electrons. The molecule has 11 nitrogen and oxygen atoms in total. The molecule has 2 aliphatic rings. The van der Waals surface area contributed by atoms with Crippen LogP contribution in [0.3, 0.4) is 0 Å². The Labute approximate surface area is 233 Å². The molecule has 2 fully saturated rings. The van der Waals surface area contributed by atoms with Gasteiger partial charge in [0.25, 0.3) is 11.9 Å². The summed E-state index contributed by atoms with van der Waals surface area (Å²) in [4.78, 5) is 23.9. The summed E-state index contributed by atoms with van der Waals surface area (Å²) in [5.41, 5.74) is -0.261. The molecule has 0 saturated carbocycles. The summed E-state index contributed by atoms with van der Waals surface area (Å²) in [6.07, 6.45) is -0.821. The van der Waals surface area contributed by atoms with Crippen molar-refractivity contribution in [3.63, 3.8) is 0 Å². The van der Waals surface area contributed by atoms with Crippen LogP contribution < -0.4 is 9.47 Å². The minimum absolute atomic E-state index is 0.0421. The van der Waals surface area contributed by atoms with E-state index in [1.54, 1.807) is 20.8 Å². The maximum Gasteiger partial charge on any atom is 0.296 e. The number of imidazole rings is 1. The van der Waals surface area contributed by atoms with E-state index in [1.165, 1.54) is 12.3 Å². The highest BCUT2D eigenvalue weighted by molar-refractivity contribution is 7.94. The first-order valence-electron chi connectivity index (χ1n) is 12.2. The van der Waals surface area contributed by atoms with E-state index < -0.39 is 68.6 Å². The maximum absolute atomic E-state index is 14.8. The lowest BCUT2D eigenvalue weighted by Gasteiger charge is -2.20. The number of aromatic amines is 1. The van der Waals surface area contributed by atoms with Gasteiger partial charge in [0, 0.05) is 16.6 Å². The standard InChI is InChI=1S/C25H27ClF2N4O7S/c1-25(2,3)40(4,35)32-22(34)11-5-14(27)12(15(28)6-11)8-38-23-13(26)7-16-21(30-23)31-24(29-16)39-18-10-37-19-17(33)9-36-20(18)19/h5-7,17-20,33H,8-10H2,1-4H3,(H,29,30,31)/t17-,18?,19?,20?,40?/m1/s1. The molecule has 2 N–H and O–H groups in total. The predicted octanol–water partition coefficient (Wildman–Crippen LogP) is 3.41. The van der Waals surface area contributed by atoms with Crippen LogP contribution in [0, 0.1) is 11.6 Å². The lowest BCUT2D eigenvalue weighted by Crippen LogP contribution is -2.34. The number of nitrogens with zero attached hydrogens (tertiary/aromatic N) is 3. The fraction of sp³-hybridized carbons (Fsp3) is 0.480. The van der Waals surface area contributed by atoms with E-state index in [9.17, 15) is 22.9 Å². The summed E-state index contributed by atoms with van der Waals surface area (Å²) in [5.74, 6) is -3.24. The minimum Gasteiger partial charge on any atom is -0.471 e. The van der Waals surface area contributed by atoms with E-state index in [0.29, 0.717) is 5.52 Å². The van der Waals surface area contributed by atoms with Crippen LogP contribution in [0.1, 0.15) is 36.7 Å². The Morgan fingerprint density at radius 3 is 2.55 bits per heavy atom. The van der Waals surface area contributed by atoms with Crippen molar-refractivity contribution in [2.24, 2.45) is 4.36 Å². The summed E-state index contributed by atoms with van der Waals surface area (Å²) >= 11 is 6.27. The highest BCUT2D eigenvalue weighted by Crippen LogP contribution is 2.32. The van der Waals surface area contributed by atoms with Crippen molar-refractivity contribution in [1.29, 1.82) is 0 Å². The van der Waals surface area contributed by atoms with E-state index in [0.717, 1.165) is 12.1 Å². The Kier molecular flexibility index (Phi) is 7.50. The van der Waals surface area contributed by atoms with Crippen LogP contribution >= 0.6 is 11.6 Å². The van der Waals surface area contributed by atoms with Gasteiger partial charge in [-0.05, 0) is 39.0 Å². The van der Waals surface area contributed by atoms with Gasteiger partial charge in [-0.1, -0.05) is 11.6 Å². The topological polar surface area (TPSA) is 145 Å². The van der Waals surface area contributed by atoms with E-state index in [2.05, 4.69) is 19.3 Å². The quantitative estimate of drug-likeness (QED) is 0.435. The number of H-pyrrole nitrogens is 1. The molecule has 1 aromatic carbocycles. The third-order valence-corrected chi connectivity index (χ3v) is 9.81. The Morgan fingerprint density at radius 1 is 1.20 bits per heavy atom. The van der Waals surface area contributed by atoms with Crippen LogP contribution in [-0.2, 0) is 25.8 Å². The molecule has 15 heteroatoms. The van der Waals surface area contributed by atoms with Gasteiger partial charge in [-0.2, -0.15) is 14.3 Å². The second-order valence-electron chi connectivity index (χ2n) is 10.5. The molecule has 0 spiro atoms. The minimum atomic E-state index is -2.97. The van der Waals surface area contributed by atoms with Crippen LogP contribution in [0.4, 0.5) is 8.78 Å². The molecule has 5 rings (SSSR count). The number of hydrogen-bond donors (Lipinski definition) is 2. The van der Waals surface area contributed by atoms with Gasteiger partial charge < -0.3 is 29.0 Å². The van der Waals surface area contributed by atoms with Crippen molar-refractivity contribution in [3.05, 3.63) is 46.0 Å². The summed E-state index contributed by atoms with van der Waals surface area (Å²) in [6.45, 7) is 4.71. The number of hydrogen-bond acceptors (Lipinski definition) is 9. The first-order chi connectivity index (χ1) is 18.7. The molecule has 2 aliphatic heterocycles. The lowest BCUT2D eigenvalue weighted by molar-refractivity contribution is 0.00706. The zero-order chi connectivity index (χ0) is 29.0. The van der Waals surface area contributed by atoms with Gasteiger partial charge in [0.15, 0.2) is 11.8 Å². The van der Waals surface area contributed by atoms with E-state index in [1.807, 2.05) is 0 Å². The molecule has 0 bridgehead atoms. The Balaban J connectivity index is 1.30. The smallest absolute Gasteiger partial charge is 0.296 e. The van der Waals surface area contributed by atoms with Crippen molar-refractivity contribution in [1.82, 2.24) is 15.0 Å². The average Bonchev–Trinajstić information content (AvgIpc) is 3.54. The number of aliphatic hydroxyl groups excluding tert-OH is 1. The van der Waals surface area contributed by atoms with E-state index in [-0.39, 0.29) is 41.3 Å². The predicted molar refractivity (Wildman–Crippen MR) is 140 cm³/mol. The second kappa shape index (κ2) is 10.5. The van der Waals surface area contributed by atoms with Crippen molar-refractivity contribution in [2.75, 3.05) is 19.5 Å². The molecule has 40 heavy (non-hydrogen) atoms. The number of pyridine rings is 1. The van der Waals surface area contributed by atoms with Crippen LogP contribution in [0.25, 0.3) is 11.2 Å². The number of carbonyl (C=O) groups is 1. The average molecular weight is 601 g/mol. The number of benzene rings is 1. The van der Waals surface area contributed by atoms with Crippen LogP contribution in [0.15, 0.2) is 22.6 Å². The molecular weight excluding hydrogens is 574 g/mol. The molecule has 216 valence electrons. The van der Waals surface area contributed by atoms with Gasteiger partial charge >= 0.3 is 0 Å². The normalized spacial score (nSPS) is 24.1. The zero-order valence-corrected chi connectivity index (χ0v) is 23.5. The van der Waals surface area contributed by atoms with Gasteiger partial charge in [0.1, 0.15) is 41.6 Å². The Morgan fingerprint density at radius 2 is 1.88 bits per heavy atom. The molecule has 4 heterocycles. The number of aliphatic hydroxyl groups is 1. The number of halogens is 3. The van der Waals surface area contributed by atoms with Crippen LogP contribution in [-0.4, -0.2) is 78.8 Å². The third kappa shape index (κ3) is 5.50. The summed E-state index contributed by atoms with van der Waals surface area (Å²) in [5, 5.41) is 9.93. The van der Waals surface area contributed by atoms with Crippen LogP contribution in [0.2, 0.25) is 5.02 Å². The second-order valence-corrected chi connectivity index (χ2v) is 13.9. The number of rotatable bonds is 6. The first-order valence-corrected chi connectivity index (χ1v) is 14.5. The largest absolute Gasteiger partial charge is 0.471 e. The van der Waals surface area contributed by atoms with Gasteiger partial charge in [-0.25, -0.2) is 13.0 Å². The van der Waals surface area contributed by atoms with Crippen molar-refractivity contribution >= 4 is 38.4 Å². The molecule has 2 aromatic heterocycles. The molecule has 3 aromatic rings. The number of amides is 1. The number of carbonyl (C=O) groups excluding carboxylic acids is 1. The van der Waals surface area contributed by atoms with Crippen molar-refractivity contribution in [2.45, 2.75) is 56.5 Å². The van der Waals surface area contributed by atoms with Gasteiger partial charge in [0.2, 0.25) is 5.88 Å². The lowest BCUT2D eigenvalue weighted by atomic mass is 10.1. The van der Waals surface area contributed by atoms with Gasteiger partial charge in [-0.15, -0.1) is 0 Å². The van der Waals surface area contributed by atoms with Crippen molar-refractivity contribution < 1.29 is 41.8 Å². The highest BCUT2D eigenvalue weighted by atomic mass is 35.5. The number of aromatic nitrogens is 3. The van der Waals surface area contributed by atoms with Gasteiger partial charge in [-0.3, -0.25) is 4.79 Å². The van der Waals surface area contributed by atoms with E-state index >= 15 is 0 Å². The summed E-state index contributed by atoms with van der Waals surface area (Å²) in [7, 11) is -2.97. The number of ether oxygens (including phenoxy) is 4. The van der Waals surface area contributed by atoms with E-state index in [4.69, 9.17) is 30.5 Å². The molecule has 1 amide bonds. The number of nitrogens with one attached hydrogen (secondary N) is 1. The summed E-state index contributed by atoms with van der Waals surface area (Å²) in [6, 6.07) is 3.20. The Bertz CT molecular complexity index is 1580. The Hall–Kier alpha value is -2.91. The van der Waals surface area contributed by atoms with Gasteiger partial charge in [0.05, 0.1) is 34.0 Å².